The SMILES string of the molecule is Cc1cccc(OCCN(C)CC(=O)Nc2ccc(CN3CCOCC3)cc2)c1. The molecule has 1 aliphatic rings. The Kier molecular flexibility index (Phi) is 8.04. The Balaban J connectivity index is 1.36. The van der Waals surface area contributed by atoms with Gasteiger partial charge in [0.2, 0.25) is 5.91 Å². The molecule has 1 fully saturated rings. The highest BCUT2D eigenvalue weighted by molar-refractivity contribution is 5.92. The van der Waals surface area contributed by atoms with E-state index < -0.39 is 0 Å². The molecule has 0 spiro atoms. The minimum absolute atomic E-state index is 0.0241. The van der Waals surface area contributed by atoms with Crippen molar-refractivity contribution in [3.05, 3.63) is 59.7 Å². The molecule has 0 saturated carbocycles. The lowest BCUT2D eigenvalue weighted by molar-refractivity contribution is -0.117. The van der Waals surface area contributed by atoms with Crippen LogP contribution in [0.2, 0.25) is 0 Å². The van der Waals surface area contributed by atoms with Gasteiger partial charge in [0.25, 0.3) is 0 Å². The van der Waals surface area contributed by atoms with Crippen LogP contribution in [0.4, 0.5) is 5.69 Å². The summed E-state index contributed by atoms with van der Waals surface area (Å²) >= 11 is 0. The number of hydrogen-bond acceptors (Lipinski definition) is 5. The molecule has 0 unspecified atom stereocenters. The third kappa shape index (κ3) is 7.49. The summed E-state index contributed by atoms with van der Waals surface area (Å²) in [7, 11) is 1.92. The van der Waals surface area contributed by atoms with Crippen LogP contribution in [0.5, 0.6) is 5.75 Å². The molecule has 1 N–H and O–H groups in total. The van der Waals surface area contributed by atoms with Crippen molar-refractivity contribution in [2.75, 3.05) is 58.4 Å². The predicted octanol–water partition coefficient (Wildman–Crippen LogP) is 2.78. The average molecular weight is 398 g/mol. The number of anilines is 1. The number of aryl methyl sites for hydroxylation is 1. The summed E-state index contributed by atoms with van der Waals surface area (Å²) in [4.78, 5) is 16.6. The van der Waals surface area contributed by atoms with Crippen molar-refractivity contribution in [1.29, 1.82) is 0 Å². The number of likely N-dealkylation sites (N-methyl/N-ethyl adjacent to an activating group) is 1. The van der Waals surface area contributed by atoms with Gasteiger partial charge < -0.3 is 14.8 Å². The highest BCUT2D eigenvalue weighted by atomic mass is 16.5. The largest absolute Gasteiger partial charge is 0.492 e. The highest BCUT2D eigenvalue weighted by Crippen LogP contribution is 2.13. The van der Waals surface area contributed by atoms with E-state index in [-0.39, 0.29) is 5.91 Å². The van der Waals surface area contributed by atoms with E-state index in [4.69, 9.17) is 9.47 Å². The van der Waals surface area contributed by atoms with Crippen LogP contribution in [0.25, 0.3) is 0 Å². The number of carbonyl (C=O) groups is 1. The topological polar surface area (TPSA) is 54.0 Å². The second-order valence-electron chi connectivity index (χ2n) is 7.54. The number of rotatable bonds is 9. The molecular formula is C23H31N3O3. The molecule has 6 heteroatoms. The van der Waals surface area contributed by atoms with Gasteiger partial charge in [-0.05, 0) is 49.4 Å². The fourth-order valence-corrected chi connectivity index (χ4v) is 3.26. The van der Waals surface area contributed by atoms with Crippen molar-refractivity contribution in [3.8, 4) is 5.75 Å². The molecule has 0 atom stereocenters. The molecule has 2 aromatic carbocycles. The van der Waals surface area contributed by atoms with Crippen LogP contribution in [-0.4, -0.2) is 68.8 Å². The van der Waals surface area contributed by atoms with Gasteiger partial charge in [0.15, 0.2) is 0 Å². The number of nitrogens with zero attached hydrogens (tertiary/aromatic N) is 2. The second-order valence-corrected chi connectivity index (χ2v) is 7.54. The van der Waals surface area contributed by atoms with Gasteiger partial charge in [-0.1, -0.05) is 24.3 Å². The molecular weight excluding hydrogens is 366 g/mol. The summed E-state index contributed by atoms with van der Waals surface area (Å²) in [5.41, 5.74) is 3.24. The van der Waals surface area contributed by atoms with Crippen LogP contribution in [0.3, 0.4) is 0 Å². The van der Waals surface area contributed by atoms with Gasteiger partial charge in [0.1, 0.15) is 12.4 Å². The third-order valence-electron chi connectivity index (χ3n) is 4.89. The highest BCUT2D eigenvalue weighted by Gasteiger charge is 2.11. The Hall–Kier alpha value is -2.41. The van der Waals surface area contributed by atoms with E-state index in [0.29, 0.717) is 19.7 Å². The zero-order valence-corrected chi connectivity index (χ0v) is 17.4. The maximum absolute atomic E-state index is 12.3. The molecule has 0 radical (unpaired) electrons. The van der Waals surface area contributed by atoms with E-state index >= 15 is 0 Å². The van der Waals surface area contributed by atoms with E-state index in [1.165, 1.54) is 11.1 Å². The van der Waals surface area contributed by atoms with Gasteiger partial charge in [0.05, 0.1) is 19.8 Å². The van der Waals surface area contributed by atoms with Crippen LogP contribution in [0.15, 0.2) is 48.5 Å². The first-order valence-corrected chi connectivity index (χ1v) is 10.2. The first-order valence-electron chi connectivity index (χ1n) is 10.2. The summed E-state index contributed by atoms with van der Waals surface area (Å²) in [5, 5.41) is 2.96. The fourth-order valence-electron chi connectivity index (χ4n) is 3.26. The molecule has 0 aromatic heterocycles. The molecule has 1 amide bonds. The molecule has 156 valence electrons. The molecule has 2 aromatic rings. The molecule has 3 rings (SSSR count). The standard InChI is InChI=1S/C23H31N3O3/c1-19-4-3-5-22(16-19)29-15-10-25(2)18-23(27)24-21-8-6-20(7-9-21)17-26-11-13-28-14-12-26/h3-9,16H,10-15,17-18H2,1-2H3,(H,24,27). The van der Waals surface area contributed by atoms with Crippen LogP contribution < -0.4 is 10.1 Å². The van der Waals surface area contributed by atoms with Crippen molar-refractivity contribution < 1.29 is 14.3 Å². The normalized spacial score (nSPS) is 14.7. The van der Waals surface area contributed by atoms with Crippen LogP contribution in [0, 0.1) is 6.92 Å². The van der Waals surface area contributed by atoms with E-state index in [1.54, 1.807) is 0 Å². The minimum Gasteiger partial charge on any atom is -0.492 e. The number of ether oxygens (including phenoxy) is 2. The molecule has 1 saturated heterocycles. The minimum atomic E-state index is -0.0241. The van der Waals surface area contributed by atoms with Crippen LogP contribution >= 0.6 is 0 Å². The zero-order valence-electron chi connectivity index (χ0n) is 17.4. The maximum atomic E-state index is 12.3. The number of nitrogens with one attached hydrogen (secondary N) is 1. The lowest BCUT2D eigenvalue weighted by Crippen LogP contribution is -2.35. The molecule has 6 nitrogen and oxygen atoms in total. The summed E-state index contributed by atoms with van der Waals surface area (Å²) in [6, 6.07) is 16.1. The zero-order chi connectivity index (χ0) is 20.5. The molecule has 1 aliphatic heterocycles. The average Bonchev–Trinajstić information content (AvgIpc) is 2.70. The Morgan fingerprint density at radius 3 is 2.66 bits per heavy atom. The van der Waals surface area contributed by atoms with E-state index in [2.05, 4.69) is 22.3 Å². The molecule has 1 heterocycles. The van der Waals surface area contributed by atoms with Gasteiger partial charge >= 0.3 is 0 Å². The lowest BCUT2D eigenvalue weighted by Gasteiger charge is -2.26. The third-order valence-corrected chi connectivity index (χ3v) is 4.89. The van der Waals surface area contributed by atoms with Crippen molar-refractivity contribution in [2.45, 2.75) is 13.5 Å². The molecule has 29 heavy (non-hydrogen) atoms. The van der Waals surface area contributed by atoms with Gasteiger partial charge in [-0.2, -0.15) is 0 Å². The lowest BCUT2D eigenvalue weighted by atomic mass is 10.2. The Morgan fingerprint density at radius 2 is 1.93 bits per heavy atom. The quantitative estimate of drug-likeness (QED) is 0.705. The van der Waals surface area contributed by atoms with Crippen molar-refractivity contribution >= 4 is 11.6 Å². The van der Waals surface area contributed by atoms with E-state index in [0.717, 1.165) is 44.3 Å². The van der Waals surface area contributed by atoms with Gasteiger partial charge in [-0.25, -0.2) is 0 Å². The number of morpholine rings is 1. The van der Waals surface area contributed by atoms with Crippen LogP contribution in [0.1, 0.15) is 11.1 Å². The van der Waals surface area contributed by atoms with E-state index in [9.17, 15) is 4.79 Å². The summed E-state index contributed by atoms with van der Waals surface area (Å²) in [5.74, 6) is 0.837. The molecule has 0 aliphatic carbocycles. The Labute approximate surface area is 173 Å². The first kappa shape index (κ1) is 21.3. The smallest absolute Gasteiger partial charge is 0.238 e. The summed E-state index contributed by atoms with van der Waals surface area (Å²) in [6.45, 7) is 8.06. The predicted molar refractivity (Wildman–Crippen MR) is 115 cm³/mol. The van der Waals surface area contributed by atoms with Crippen molar-refractivity contribution in [3.63, 3.8) is 0 Å². The Bertz CT molecular complexity index is 773. The van der Waals surface area contributed by atoms with E-state index in [1.807, 2.05) is 55.3 Å². The Morgan fingerprint density at radius 1 is 1.17 bits per heavy atom. The second kappa shape index (κ2) is 11.0. The summed E-state index contributed by atoms with van der Waals surface area (Å²) in [6.07, 6.45) is 0. The summed E-state index contributed by atoms with van der Waals surface area (Å²) < 4.78 is 11.1. The van der Waals surface area contributed by atoms with Gasteiger partial charge in [-0.3, -0.25) is 14.6 Å². The fraction of sp³-hybridized carbons (Fsp3) is 0.435. The van der Waals surface area contributed by atoms with Crippen LogP contribution in [-0.2, 0) is 16.1 Å². The van der Waals surface area contributed by atoms with Gasteiger partial charge in [-0.15, -0.1) is 0 Å². The molecule has 0 bridgehead atoms. The maximum Gasteiger partial charge on any atom is 0.238 e. The number of amides is 1. The van der Waals surface area contributed by atoms with Gasteiger partial charge in [0, 0.05) is 31.9 Å². The first-order chi connectivity index (χ1) is 14.1. The number of benzene rings is 2. The van der Waals surface area contributed by atoms with Crippen molar-refractivity contribution in [1.82, 2.24) is 9.80 Å². The monoisotopic (exact) mass is 397 g/mol. The number of hydrogen-bond donors (Lipinski definition) is 1. The number of carbonyl (C=O) groups excluding carboxylic acids is 1. The van der Waals surface area contributed by atoms with Crippen molar-refractivity contribution in [2.24, 2.45) is 0 Å².